The van der Waals surface area contributed by atoms with Crippen LogP contribution in [0.4, 0.5) is 0 Å². The summed E-state index contributed by atoms with van der Waals surface area (Å²) < 4.78 is 6.50. The number of aromatic amines is 3. The first kappa shape index (κ1) is 24.7. The highest BCUT2D eigenvalue weighted by Crippen LogP contribution is 2.41. The molecular formula is C32H32N6O2. The highest BCUT2D eigenvalue weighted by Gasteiger charge is 2.28. The fourth-order valence-corrected chi connectivity index (χ4v) is 6.04. The van der Waals surface area contributed by atoms with Gasteiger partial charge in [-0.3, -0.25) is 4.79 Å². The Labute approximate surface area is 232 Å². The lowest BCUT2D eigenvalue weighted by atomic mass is 9.88. The van der Waals surface area contributed by atoms with Crippen LogP contribution in [-0.2, 0) is 0 Å². The Kier molecular flexibility index (Phi) is 5.97. The first-order chi connectivity index (χ1) is 19.5. The van der Waals surface area contributed by atoms with Crippen molar-refractivity contribution in [2.75, 3.05) is 26.7 Å². The number of hydrogen-bond donors (Lipinski definition) is 3. The molecule has 0 spiro atoms. The number of pyridine rings is 1. The van der Waals surface area contributed by atoms with Gasteiger partial charge < -0.3 is 24.6 Å². The van der Waals surface area contributed by atoms with Gasteiger partial charge in [-0.1, -0.05) is 30.3 Å². The van der Waals surface area contributed by atoms with Crippen LogP contribution in [0.1, 0.15) is 48.3 Å². The summed E-state index contributed by atoms with van der Waals surface area (Å²) >= 11 is 0. The zero-order valence-electron chi connectivity index (χ0n) is 22.8. The number of nitrogens with one attached hydrogen (secondary N) is 3. The molecule has 4 heterocycles. The number of aryl methyl sites for hydroxylation is 1. The zero-order chi connectivity index (χ0) is 27.4. The molecule has 5 aromatic rings. The van der Waals surface area contributed by atoms with E-state index in [1.165, 1.54) is 18.4 Å². The number of ether oxygens (including phenoxy) is 1. The Morgan fingerprint density at radius 1 is 1.10 bits per heavy atom. The largest absolute Gasteiger partial charge is 0.491 e. The molecule has 0 atom stereocenters. The Hall–Kier alpha value is -4.35. The van der Waals surface area contributed by atoms with E-state index in [0.717, 1.165) is 53.8 Å². The second kappa shape index (κ2) is 9.68. The molecule has 1 saturated carbocycles. The Balaban J connectivity index is 1.40. The second-order valence-corrected chi connectivity index (χ2v) is 11.4. The molecule has 2 aromatic carbocycles. The van der Waals surface area contributed by atoms with Crippen LogP contribution in [0.2, 0.25) is 0 Å². The number of H-pyrrole nitrogens is 3. The average molecular weight is 533 g/mol. The van der Waals surface area contributed by atoms with E-state index in [1.807, 2.05) is 31.2 Å². The van der Waals surface area contributed by atoms with Crippen molar-refractivity contribution in [2.45, 2.75) is 38.5 Å². The first-order valence-corrected chi connectivity index (χ1v) is 14.1. The van der Waals surface area contributed by atoms with Crippen LogP contribution in [0, 0.1) is 24.2 Å². The normalized spacial score (nSPS) is 16.5. The lowest BCUT2D eigenvalue weighted by Crippen LogP contribution is -2.29. The lowest BCUT2D eigenvalue weighted by Gasteiger charge is -2.30. The third-order valence-electron chi connectivity index (χ3n) is 8.58. The van der Waals surface area contributed by atoms with Crippen LogP contribution < -0.4 is 10.3 Å². The maximum absolute atomic E-state index is 13.3. The summed E-state index contributed by atoms with van der Waals surface area (Å²) in [6.07, 6.45) is 6.20. The number of nitrogens with zero attached hydrogens (tertiary/aromatic N) is 3. The zero-order valence-corrected chi connectivity index (χ0v) is 22.8. The van der Waals surface area contributed by atoms with Gasteiger partial charge in [-0.15, -0.1) is 0 Å². The van der Waals surface area contributed by atoms with Gasteiger partial charge in [0.05, 0.1) is 28.9 Å². The number of likely N-dealkylation sites (tertiary alicyclic amines) is 1. The summed E-state index contributed by atoms with van der Waals surface area (Å²) in [7, 11) is 2.17. The third-order valence-corrected chi connectivity index (χ3v) is 8.58. The summed E-state index contributed by atoms with van der Waals surface area (Å²) in [5.74, 6) is 2.33. The van der Waals surface area contributed by atoms with Gasteiger partial charge in [-0.25, -0.2) is 4.98 Å². The molecule has 2 fully saturated rings. The van der Waals surface area contributed by atoms with Crippen molar-refractivity contribution in [2.24, 2.45) is 5.92 Å². The molecular weight excluding hydrogens is 500 g/mol. The van der Waals surface area contributed by atoms with Crippen molar-refractivity contribution in [1.82, 2.24) is 24.8 Å². The van der Waals surface area contributed by atoms with E-state index in [-0.39, 0.29) is 5.56 Å². The summed E-state index contributed by atoms with van der Waals surface area (Å²) in [5.41, 5.74) is 6.67. The van der Waals surface area contributed by atoms with Crippen LogP contribution in [0.15, 0.2) is 47.4 Å². The molecule has 1 saturated heterocycles. The lowest BCUT2D eigenvalue weighted by molar-refractivity contribution is 0.248. The molecule has 0 radical (unpaired) electrons. The van der Waals surface area contributed by atoms with Crippen LogP contribution in [0.25, 0.3) is 44.6 Å². The maximum Gasteiger partial charge on any atom is 0.261 e. The summed E-state index contributed by atoms with van der Waals surface area (Å²) in [6, 6.07) is 14.5. The maximum atomic E-state index is 13.3. The Morgan fingerprint density at radius 2 is 1.90 bits per heavy atom. The minimum atomic E-state index is -0.274. The van der Waals surface area contributed by atoms with E-state index in [0.29, 0.717) is 52.0 Å². The topological polar surface area (TPSA) is 114 Å². The SMILES string of the molecule is Cc1ccccc1-c1[nH]c2c(-c3nc4c(OCC5CC5)c(C5CCN(C)CC5)ccc4[nH]3)c(=O)[nH]cc2c1C#N. The molecule has 0 unspecified atom stereocenters. The molecule has 0 amide bonds. The van der Waals surface area contributed by atoms with Crippen LogP contribution in [-0.4, -0.2) is 51.6 Å². The quantitative estimate of drug-likeness (QED) is 0.254. The standard InChI is InChI=1S/C32H32N6O2/c1-18-5-3-4-6-21(18)27-23(15-33)24-16-34-32(39)26(28(24)36-27)31-35-25-10-9-22(20-11-13-38(2)14-12-20)30(29(25)37-31)40-17-19-7-8-19/h3-6,9-10,16,19-20,36H,7-8,11-14,17H2,1-2H3,(H,34,39)(H,35,37). The molecule has 1 aliphatic carbocycles. The molecule has 3 aromatic heterocycles. The number of hydrogen-bond acceptors (Lipinski definition) is 5. The Bertz CT molecular complexity index is 1840. The van der Waals surface area contributed by atoms with E-state index in [9.17, 15) is 10.1 Å². The number of imidazole rings is 1. The molecule has 2 aliphatic rings. The van der Waals surface area contributed by atoms with Crippen molar-refractivity contribution in [1.29, 1.82) is 5.26 Å². The van der Waals surface area contributed by atoms with Gasteiger partial charge in [-0.05, 0) is 81.8 Å². The number of nitriles is 1. The highest BCUT2D eigenvalue weighted by atomic mass is 16.5. The number of aromatic nitrogens is 4. The number of fused-ring (bicyclic) bond motifs is 2. The van der Waals surface area contributed by atoms with Crippen molar-refractivity contribution in [3.8, 4) is 34.5 Å². The van der Waals surface area contributed by atoms with E-state index >= 15 is 0 Å². The van der Waals surface area contributed by atoms with Crippen molar-refractivity contribution < 1.29 is 4.74 Å². The van der Waals surface area contributed by atoms with E-state index in [1.54, 1.807) is 6.20 Å². The van der Waals surface area contributed by atoms with Gasteiger partial charge in [0, 0.05) is 17.1 Å². The number of rotatable bonds is 6. The Morgan fingerprint density at radius 3 is 2.65 bits per heavy atom. The van der Waals surface area contributed by atoms with Crippen molar-refractivity contribution in [3.05, 3.63) is 69.6 Å². The molecule has 7 rings (SSSR count). The van der Waals surface area contributed by atoms with Crippen molar-refractivity contribution in [3.63, 3.8) is 0 Å². The second-order valence-electron chi connectivity index (χ2n) is 11.4. The predicted octanol–water partition coefficient (Wildman–Crippen LogP) is 5.84. The fourth-order valence-electron chi connectivity index (χ4n) is 6.04. The average Bonchev–Trinajstić information content (AvgIpc) is 3.57. The van der Waals surface area contributed by atoms with Gasteiger partial charge in [0.2, 0.25) is 0 Å². The minimum Gasteiger partial charge on any atom is -0.491 e. The number of piperidine rings is 1. The third kappa shape index (κ3) is 4.18. The molecule has 202 valence electrons. The predicted molar refractivity (Wildman–Crippen MR) is 157 cm³/mol. The minimum absolute atomic E-state index is 0.274. The monoisotopic (exact) mass is 532 g/mol. The van der Waals surface area contributed by atoms with Gasteiger partial charge in [0.15, 0.2) is 5.75 Å². The smallest absolute Gasteiger partial charge is 0.261 e. The molecule has 8 nitrogen and oxygen atoms in total. The molecule has 3 N–H and O–H groups in total. The number of benzene rings is 2. The molecule has 40 heavy (non-hydrogen) atoms. The van der Waals surface area contributed by atoms with Gasteiger partial charge >= 0.3 is 0 Å². The van der Waals surface area contributed by atoms with E-state index < -0.39 is 0 Å². The van der Waals surface area contributed by atoms with Crippen LogP contribution in [0.3, 0.4) is 0 Å². The molecule has 8 heteroatoms. The molecule has 0 bridgehead atoms. The summed E-state index contributed by atoms with van der Waals surface area (Å²) in [6.45, 7) is 4.83. The highest BCUT2D eigenvalue weighted by molar-refractivity contribution is 6.01. The summed E-state index contributed by atoms with van der Waals surface area (Å²) in [5, 5.41) is 10.8. The van der Waals surface area contributed by atoms with Gasteiger partial charge in [0.1, 0.15) is 23.0 Å². The fraction of sp³-hybridized carbons (Fsp3) is 0.344. The van der Waals surface area contributed by atoms with Crippen molar-refractivity contribution >= 4 is 21.9 Å². The van der Waals surface area contributed by atoms with E-state index in [4.69, 9.17) is 9.72 Å². The summed E-state index contributed by atoms with van der Waals surface area (Å²) in [4.78, 5) is 30.4. The van der Waals surface area contributed by atoms with Crippen LogP contribution in [0.5, 0.6) is 5.75 Å². The van der Waals surface area contributed by atoms with E-state index in [2.05, 4.69) is 45.1 Å². The van der Waals surface area contributed by atoms with Crippen LogP contribution >= 0.6 is 0 Å². The molecule has 1 aliphatic heterocycles. The van der Waals surface area contributed by atoms with Gasteiger partial charge in [-0.2, -0.15) is 5.26 Å². The van der Waals surface area contributed by atoms with Gasteiger partial charge in [0.25, 0.3) is 5.56 Å². The first-order valence-electron chi connectivity index (χ1n) is 14.1.